The molecule has 144 heavy (non-hydrogen) atoms. The number of ether oxygens (including phenoxy) is 12. The van der Waals surface area contributed by atoms with Crippen LogP contribution in [0.1, 0.15) is 156 Å². The van der Waals surface area contributed by atoms with E-state index >= 15 is 0 Å². The molecular weight excluding hydrogens is 2020 g/mol. The molecule has 0 atom stereocenters. The smallest absolute Gasteiger partial charge is 0.414 e. The standard InChI is InChI=1S/C18H18BNO7S.C16H22BNO7S.C14H16BNO7S.C14H17BO7S.C13H15BO7S.C12H13BO7S/c19-11-15-10-14(17(21)26-8-9-28(23,24)25)6-7-16(15)20-18(22)27-12-13-4-2-1-3-5-13;1-16(2,3)25-15(20)18(4)13-6-5-11(9-12(13)10-17)14(19)24-7-8-26(21,22)23;1-2-5-23-14(18)16-12-4-3-10(8-11(12)9-15)13(17)22-6-7-24(19,20)21;1-9(2)13(16)22-12-7-10(8-15)3-4-11(12)14(17)21-5-6-23(18,19)20;1-2-12(15)21-11-7-9(8-14)3-4-10(11)13(16)20-5-6-22(17,18)19;1-8(14)20-11-6-9(7-13)2-3-10(11)12(15)19-4-5-21(16,17)18/h1-7,10H,8-9,11-12H2,(H,20,22)(H,23,24,25);5-6,9H,7-8,10H2,1-4H3,(H,21,22,23);2-4,8H,1,5-7,9H2,(H,16,18)(H,19,20,21);3-4,7,9H,5-6,8H2,1-2H3,(H,18,19,20);3-4,7H,2,5-6,8H2,1H3,(H,17,18,19);2-3,6H,4-5,7H2,1H3,(H,16,17,18)/p-6. The van der Waals surface area contributed by atoms with Crippen molar-refractivity contribution in [2.24, 2.45) is 5.92 Å². The van der Waals surface area contributed by atoms with Gasteiger partial charge in [-0.25, -0.2) is 93.7 Å². The third-order valence-corrected chi connectivity index (χ3v) is 21.1. The van der Waals surface area contributed by atoms with Crippen LogP contribution in [0.15, 0.2) is 152 Å². The van der Waals surface area contributed by atoms with Crippen LogP contribution in [0, 0.1) is 5.92 Å². The van der Waals surface area contributed by atoms with Gasteiger partial charge >= 0.3 is 72.0 Å². The molecule has 7 aromatic rings. The van der Waals surface area contributed by atoms with Gasteiger partial charge in [-0.1, -0.05) is 137 Å². The average Bonchev–Trinajstić information content (AvgIpc) is 0.732. The number of nitrogens with zero attached hydrogens (tertiary/aromatic N) is 1. The molecule has 0 fully saturated rings. The monoisotopic (exact) mass is 2110 g/mol. The lowest BCUT2D eigenvalue weighted by Crippen LogP contribution is -2.34. The molecule has 45 nitrogen and oxygen atoms in total. The molecule has 0 aromatic heterocycles. The zero-order valence-electron chi connectivity index (χ0n) is 78.5. The van der Waals surface area contributed by atoms with Gasteiger partial charge in [-0.05, 0) is 134 Å². The molecule has 0 heterocycles. The third kappa shape index (κ3) is 53.5. The zero-order valence-corrected chi connectivity index (χ0v) is 83.4. The van der Waals surface area contributed by atoms with Crippen molar-refractivity contribution in [2.45, 2.75) is 105 Å². The number of hydrogen-bond acceptors (Lipinski definition) is 42. The van der Waals surface area contributed by atoms with Crippen molar-refractivity contribution in [3.63, 3.8) is 0 Å². The Labute approximate surface area is 839 Å². The Balaban J connectivity index is 0.000000586. The number of amides is 3. The van der Waals surface area contributed by atoms with Crippen LogP contribution in [0.2, 0.25) is 0 Å². The molecule has 0 bridgehead atoms. The fourth-order valence-electron chi connectivity index (χ4n) is 10.1. The summed E-state index contributed by atoms with van der Waals surface area (Å²) in [5, 5.41) is 5.01. The molecule has 12 radical (unpaired) electrons. The Bertz CT molecular complexity index is 6350. The number of carbonyl (C=O) groups excluding carboxylic acids is 12. The molecule has 0 saturated carbocycles. The average molecular weight is 2110 g/mol. The minimum Gasteiger partial charge on any atom is -0.748 e. The molecule has 7 rings (SSSR count). The second-order valence-corrected chi connectivity index (χ2v) is 39.1. The summed E-state index contributed by atoms with van der Waals surface area (Å²) >= 11 is 0. The Morgan fingerprint density at radius 3 is 1.02 bits per heavy atom. The van der Waals surface area contributed by atoms with Gasteiger partial charge in [-0.15, -0.1) is 0 Å². The Morgan fingerprint density at radius 1 is 0.396 bits per heavy atom. The summed E-state index contributed by atoms with van der Waals surface area (Å²) in [5.41, 5.74) is 4.76. The van der Waals surface area contributed by atoms with Crippen molar-refractivity contribution in [3.05, 3.63) is 225 Å². The quantitative estimate of drug-likeness (QED) is 0.0127. The Hall–Kier alpha value is -12.8. The predicted molar refractivity (Wildman–Crippen MR) is 512 cm³/mol. The minimum absolute atomic E-state index is 0.0182. The SMILES string of the molecule is [B]Cc1cc(C(=O)OCCS(=O)(=O)[O-])ccc1N(C)C(=O)OC(C)(C)C.[B]Cc1cc(C(=O)OCCS(=O)(=O)[O-])ccc1NC(=O)OCC=C.[B]Cc1cc(C(=O)OCCS(=O)(=O)[O-])ccc1NC(=O)OCc1ccccc1.[B]Cc1ccc(C(=O)OCCS(=O)(=O)[O-])c(OC(=O)C(C)C)c1.[B]Cc1ccc(C(=O)OCCS(=O)(=O)[O-])c(OC(=O)CC)c1.[B]Cc1ccc(C(=O)OCCS(=O)(=O)[O-])c(OC(C)=O)c1. The van der Waals surface area contributed by atoms with Gasteiger partial charge in [-0.3, -0.25) is 29.9 Å². The second-order valence-electron chi connectivity index (χ2n) is 29.9. The number of esters is 9. The van der Waals surface area contributed by atoms with Crippen molar-refractivity contribution >= 4 is 197 Å². The van der Waals surface area contributed by atoms with Crippen molar-refractivity contribution in [3.8, 4) is 17.2 Å². The van der Waals surface area contributed by atoms with Crippen molar-refractivity contribution < 1.29 is 192 Å². The van der Waals surface area contributed by atoms with Gasteiger partial charge in [0.05, 0.1) is 165 Å². The van der Waals surface area contributed by atoms with E-state index in [2.05, 4.69) is 21.9 Å². The largest absolute Gasteiger partial charge is 0.748 e. The van der Waals surface area contributed by atoms with E-state index in [4.69, 9.17) is 99.2 Å². The maximum atomic E-state index is 12.2. The predicted octanol–water partition coefficient (Wildman–Crippen LogP) is 5.00. The molecule has 0 unspecified atom stereocenters. The molecule has 2 N–H and O–H groups in total. The molecule has 0 aliphatic rings. The van der Waals surface area contributed by atoms with Crippen molar-refractivity contribution in [1.82, 2.24) is 0 Å². The highest BCUT2D eigenvalue weighted by molar-refractivity contribution is 7.86. The fraction of sp³-hybridized carbons (Fsp3) is 0.356. The van der Waals surface area contributed by atoms with Gasteiger partial charge in [0.15, 0.2) is 0 Å². The minimum atomic E-state index is -4.48. The molecular formula is C87H95B6N3O42S6-6. The van der Waals surface area contributed by atoms with Crippen LogP contribution in [-0.2, 0) is 162 Å². The van der Waals surface area contributed by atoms with Crippen LogP contribution in [0.25, 0.3) is 0 Å². The first-order chi connectivity index (χ1) is 67.0. The number of hydrogen-bond donors (Lipinski definition) is 2. The first-order valence-electron chi connectivity index (χ1n) is 41.7. The van der Waals surface area contributed by atoms with Gasteiger partial charge in [0.2, 0.25) is 0 Å². The van der Waals surface area contributed by atoms with E-state index in [0.717, 1.165) is 12.5 Å². The van der Waals surface area contributed by atoms with Crippen LogP contribution in [0.4, 0.5) is 31.4 Å². The molecule has 0 aliphatic carbocycles. The highest BCUT2D eigenvalue weighted by Gasteiger charge is 2.26. The summed E-state index contributed by atoms with van der Waals surface area (Å²) in [6.07, 6.45) is 0.156. The molecule has 0 spiro atoms. The maximum absolute atomic E-state index is 12.2. The zero-order chi connectivity index (χ0) is 109. The van der Waals surface area contributed by atoms with Crippen LogP contribution >= 0.6 is 0 Å². The van der Waals surface area contributed by atoms with E-state index in [1.54, 1.807) is 53.7 Å². The summed E-state index contributed by atoms with van der Waals surface area (Å²) in [4.78, 5) is 142. The van der Waals surface area contributed by atoms with E-state index < -0.39 is 218 Å². The molecule has 770 valence electrons. The fourth-order valence-corrected chi connectivity index (χ4v) is 11.8. The summed E-state index contributed by atoms with van der Waals surface area (Å²) in [5.74, 6) is -12.3. The number of carbonyl (C=O) groups is 12. The third-order valence-electron chi connectivity index (χ3n) is 17.1. The molecule has 0 saturated heterocycles. The molecule has 0 aliphatic heterocycles. The van der Waals surface area contributed by atoms with Gasteiger partial charge < -0.3 is 84.2 Å². The number of anilines is 3. The van der Waals surface area contributed by atoms with Gasteiger partial charge in [0.1, 0.15) is 92.4 Å². The lowest BCUT2D eigenvalue weighted by Gasteiger charge is -2.26. The lowest BCUT2D eigenvalue weighted by atomic mass is 9.93. The van der Waals surface area contributed by atoms with Crippen molar-refractivity contribution in [1.29, 1.82) is 0 Å². The highest BCUT2D eigenvalue weighted by atomic mass is 32.2. The van der Waals surface area contributed by atoms with Crippen LogP contribution in [0.5, 0.6) is 17.2 Å². The van der Waals surface area contributed by atoms with Crippen LogP contribution < -0.4 is 29.7 Å². The summed E-state index contributed by atoms with van der Waals surface area (Å²) in [7, 11) is 8.04. The Morgan fingerprint density at radius 2 is 0.715 bits per heavy atom. The molecule has 7 aromatic carbocycles. The van der Waals surface area contributed by atoms with Gasteiger partial charge in [0.25, 0.3) is 0 Å². The Kier molecular flexibility index (Phi) is 54.8. The normalized spacial score (nSPS) is 11.1. The molecule has 57 heteroatoms. The van der Waals surface area contributed by atoms with E-state index in [-0.39, 0.29) is 108 Å². The summed E-state index contributed by atoms with van der Waals surface area (Å²) in [6.45, 7) is 11.4. The van der Waals surface area contributed by atoms with E-state index in [9.17, 15) is 135 Å². The number of nitrogens with one attached hydrogen (secondary N) is 2. The van der Waals surface area contributed by atoms with Gasteiger partial charge in [0, 0.05) is 37.5 Å². The van der Waals surface area contributed by atoms with E-state index in [1.807, 2.05) is 30.3 Å². The topological polar surface area (TPSA) is 686 Å². The lowest BCUT2D eigenvalue weighted by molar-refractivity contribution is -0.138. The van der Waals surface area contributed by atoms with Crippen molar-refractivity contribution in [2.75, 3.05) is 103 Å². The van der Waals surface area contributed by atoms with Crippen LogP contribution in [-0.4, -0.2) is 290 Å². The molecule has 3 amide bonds. The summed E-state index contributed by atoms with van der Waals surface area (Å²) in [6, 6.07) is 34.8. The first-order valence-corrected chi connectivity index (χ1v) is 51.2. The van der Waals surface area contributed by atoms with Crippen LogP contribution in [0.3, 0.4) is 0 Å². The second kappa shape index (κ2) is 62.0. The first kappa shape index (κ1) is 127. The number of benzene rings is 7. The van der Waals surface area contributed by atoms with Gasteiger partial charge in [-0.2, -0.15) is 0 Å². The van der Waals surface area contributed by atoms with E-state index in [0.29, 0.717) is 50.4 Å². The maximum Gasteiger partial charge on any atom is 0.414 e. The highest BCUT2D eigenvalue weighted by Crippen LogP contribution is 2.29. The number of rotatable bonds is 42. The van der Waals surface area contributed by atoms with E-state index in [1.165, 1.54) is 115 Å². The summed E-state index contributed by atoms with van der Waals surface area (Å²) < 4.78 is 247.